The van der Waals surface area contributed by atoms with Crippen molar-refractivity contribution < 1.29 is 19.4 Å². The smallest absolute Gasteiger partial charge is 0.307 e. The van der Waals surface area contributed by atoms with Crippen LogP contribution in [0.4, 0.5) is 0 Å². The predicted octanol–water partition coefficient (Wildman–Crippen LogP) is 1.74. The normalized spacial score (nSPS) is 27.7. The summed E-state index contributed by atoms with van der Waals surface area (Å²) in [6, 6.07) is 7.59. The van der Waals surface area contributed by atoms with Gasteiger partial charge in [0.1, 0.15) is 5.75 Å². The summed E-state index contributed by atoms with van der Waals surface area (Å²) in [5.74, 6) is -1.11. The quantitative estimate of drug-likeness (QED) is 0.881. The van der Waals surface area contributed by atoms with Crippen molar-refractivity contribution >= 4 is 11.9 Å². The van der Waals surface area contributed by atoms with Gasteiger partial charge in [-0.3, -0.25) is 9.59 Å². The van der Waals surface area contributed by atoms with Crippen LogP contribution in [0.25, 0.3) is 0 Å². The van der Waals surface area contributed by atoms with Crippen LogP contribution < -0.4 is 10.1 Å². The molecular weight excluding hydrogens is 258 g/mol. The lowest BCUT2D eigenvalue weighted by atomic mass is 10.0. The average molecular weight is 275 g/mol. The lowest BCUT2D eigenvalue weighted by Gasteiger charge is -2.18. The molecule has 2 N–H and O–H groups in total. The summed E-state index contributed by atoms with van der Waals surface area (Å²) < 4.78 is 5.65. The molecule has 5 nitrogen and oxygen atoms in total. The largest absolute Gasteiger partial charge is 0.493 e. The summed E-state index contributed by atoms with van der Waals surface area (Å²) in [6.07, 6.45) is 2.13. The number of hydrogen-bond donors (Lipinski definition) is 2. The first kappa shape index (κ1) is 13.0. The number of ether oxygens (including phenoxy) is 1. The fraction of sp³-hybridized carbons (Fsp3) is 0.467. The molecule has 1 heterocycles. The molecule has 1 aliphatic heterocycles. The van der Waals surface area contributed by atoms with Gasteiger partial charge in [-0.25, -0.2) is 0 Å². The Morgan fingerprint density at radius 1 is 1.25 bits per heavy atom. The first-order valence-electron chi connectivity index (χ1n) is 6.91. The highest BCUT2D eigenvalue weighted by Crippen LogP contribution is 2.40. The monoisotopic (exact) mass is 275 g/mol. The molecular formula is C15H17NO4. The third-order valence-electron chi connectivity index (χ3n) is 3.95. The van der Waals surface area contributed by atoms with Crippen molar-refractivity contribution in [2.24, 2.45) is 11.8 Å². The zero-order valence-electron chi connectivity index (χ0n) is 11.0. The molecule has 2 aliphatic rings. The molecule has 3 rings (SSSR count). The summed E-state index contributed by atoms with van der Waals surface area (Å²) in [7, 11) is 0. The summed E-state index contributed by atoms with van der Waals surface area (Å²) in [5.41, 5.74) is 0.978. The van der Waals surface area contributed by atoms with Gasteiger partial charge in [0, 0.05) is 5.56 Å². The van der Waals surface area contributed by atoms with E-state index in [2.05, 4.69) is 5.32 Å². The van der Waals surface area contributed by atoms with Gasteiger partial charge in [-0.15, -0.1) is 0 Å². The van der Waals surface area contributed by atoms with Crippen LogP contribution in [0.2, 0.25) is 0 Å². The highest BCUT2D eigenvalue weighted by atomic mass is 16.5. The standard InChI is InChI=1S/C15H17NO4/c17-14(10-8-11(10)15(18)19)16-12-5-3-7-20-13-6-2-1-4-9(12)13/h1-2,4,6,10-12H,3,5,7-8H2,(H,16,17)(H,18,19). The number of rotatable bonds is 3. The van der Waals surface area contributed by atoms with E-state index < -0.39 is 11.9 Å². The molecule has 0 spiro atoms. The highest BCUT2D eigenvalue weighted by molar-refractivity contribution is 5.89. The van der Waals surface area contributed by atoms with Gasteiger partial charge in [0.15, 0.2) is 0 Å². The van der Waals surface area contributed by atoms with Crippen LogP contribution in [0, 0.1) is 11.8 Å². The molecule has 1 aromatic carbocycles. The number of para-hydroxylation sites is 1. The first-order chi connectivity index (χ1) is 9.66. The second-order valence-electron chi connectivity index (χ2n) is 5.38. The summed E-state index contributed by atoms with van der Waals surface area (Å²) in [5, 5.41) is 11.9. The van der Waals surface area contributed by atoms with Crippen molar-refractivity contribution in [2.45, 2.75) is 25.3 Å². The van der Waals surface area contributed by atoms with E-state index in [1.807, 2.05) is 24.3 Å². The van der Waals surface area contributed by atoms with Gasteiger partial charge in [-0.2, -0.15) is 0 Å². The Morgan fingerprint density at radius 2 is 2.05 bits per heavy atom. The Hall–Kier alpha value is -2.04. The van der Waals surface area contributed by atoms with Crippen LogP contribution in [-0.4, -0.2) is 23.6 Å². The van der Waals surface area contributed by atoms with Crippen LogP contribution >= 0.6 is 0 Å². The van der Waals surface area contributed by atoms with E-state index in [0.29, 0.717) is 13.0 Å². The minimum atomic E-state index is -0.880. The maximum Gasteiger partial charge on any atom is 0.307 e. The first-order valence-corrected chi connectivity index (χ1v) is 6.91. The van der Waals surface area contributed by atoms with E-state index in [1.54, 1.807) is 0 Å². The zero-order chi connectivity index (χ0) is 14.1. The molecule has 1 aliphatic carbocycles. The topological polar surface area (TPSA) is 75.6 Å². The van der Waals surface area contributed by atoms with Crippen molar-refractivity contribution in [2.75, 3.05) is 6.61 Å². The Labute approximate surface area is 116 Å². The van der Waals surface area contributed by atoms with Gasteiger partial charge in [0.05, 0.1) is 24.5 Å². The molecule has 1 fully saturated rings. The number of carbonyl (C=O) groups is 2. The average Bonchev–Trinajstić information content (AvgIpc) is 3.23. The Kier molecular flexibility index (Phi) is 3.34. The number of fused-ring (bicyclic) bond motifs is 1. The molecule has 3 unspecified atom stereocenters. The number of carboxylic acid groups (broad SMARTS) is 1. The molecule has 1 amide bonds. The van der Waals surface area contributed by atoms with Crippen LogP contribution in [0.15, 0.2) is 24.3 Å². The van der Waals surface area contributed by atoms with E-state index >= 15 is 0 Å². The summed E-state index contributed by atoms with van der Waals surface area (Å²) in [6.45, 7) is 0.643. The number of nitrogens with one attached hydrogen (secondary N) is 1. The number of carbonyl (C=O) groups excluding carboxylic acids is 1. The Balaban J connectivity index is 1.71. The van der Waals surface area contributed by atoms with E-state index in [-0.39, 0.29) is 17.9 Å². The lowest BCUT2D eigenvalue weighted by Crippen LogP contribution is -2.30. The molecule has 0 saturated heterocycles. The molecule has 3 atom stereocenters. The molecule has 1 saturated carbocycles. The van der Waals surface area contributed by atoms with Crippen molar-refractivity contribution in [1.82, 2.24) is 5.32 Å². The fourth-order valence-corrected chi connectivity index (χ4v) is 2.71. The number of amides is 1. The number of hydrogen-bond acceptors (Lipinski definition) is 3. The van der Waals surface area contributed by atoms with E-state index in [1.165, 1.54) is 0 Å². The number of carboxylic acids is 1. The summed E-state index contributed by atoms with van der Waals surface area (Å²) in [4.78, 5) is 22.9. The molecule has 0 bridgehead atoms. The van der Waals surface area contributed by atoms with Crippen LogP contribution in [0.3, 0.4) is 0 Å². The van der Waals surface area contributed by atoms with Gasteiger partial charge in [-0.05, 0) is 25.3 Å². The molecule has 20 heavy (non-hydrogen) atoms. The van der Waals surface area contributed by atoms with Gasteiger partial charge >= 0.3 is 5.97 Å². The van der Waals surface area contributed by atoms with Crippen molar-refractivity contribution in [1.29, 1.82) is 0 Å². The van der Waals surface area contributed by atoms with Gasteiger partial charge in [-0.1, -0.05) is 18.2 Å². The third kappa shape index (κ3) is 2.48. The Bertz CT molecular complexity index is 542. The van der Waals surface area contributed by atoms with Crippen molar-refractivity contribution in [3.63, 3.8) is 0 Å². The zero-order valence-corrected chi connectivity index (χ0v) is 11.0. The van der Waals surface area contributed by atoms with E-state index in [4.69, 9.17) is 9.84 Å². The molecule has 0 aromatic heterocycles. The number of benzene rings is 1. The van der Waals surface area contributed by atoms with Crippen molar-refractivity contribution in [3.8, 4) is 5.75 Å². The summed E-state index contributed by atoms with van der Waals surface area (Å²) >= 11 is 0. The minimum absolute atomic E-state index is 0.0868. The number of aliphatic carboxylic acids is 1. The van der Waals surface area contributed by atoms with Gasteiger partial charge < -0.3 is 15.2 Å². The maximum absolute atomic E-state index is 12.1. The highest BCUT2D eigenvalue weighted by Gasteiger charge is 2.48. The second kappa shape index (κ2) is 5.15. The maximum atomic E-state index is 12.1. The molecule has 0 radical (unpaired) electrons. The van der Waals surface area contributed by atoms with Crippen LogP contribution in [0.5, 0.6) is 5.75 Å². The third-order valence-corrected chi connectivity index (χ3v) is 3.95. The molecule has 106 valence electrons. The fourth-order valence-electron chi connectivity index (χ4n) is 2.71. The minimum Gasteiger partial charge on any atom is -0.493 e. The second-order valence-corrected chi connectivity index (χ2v) is 5.38. The molecule has 1 aromatic rings. The van der Waals surface area contributed by atoms with Crippen molar-refractivity contribution in [3.05, 3.63) is 29.8 Å². The Morgan fingerprint density at radius 3 is 2.80 bits per heavy atom. The van der Waals surface area contributed by atoms with Gasteiger partial charge in [0.2, 0.25) is 5.91 Å². The van der Waals surface area contributed by atoms with Crippen LogP contribution in [-0.2, 0) is 9.59 Å². The lowest BCUT2D eigenvalue weighted by molar-refractivity contribution is -0.140. The van der Waals surface area contributed by atoms with Crippen LogP contribution in [0.1, 0.15) is 30.9 Å². The van der Waals surface area contributed by atoms with E-state index in [0.717, 1.165) is 24.2 Å². The van der Waals surface area contributed by atoms with Gasteiger partial charge in [0.25, 0.3) is 0 Å². The molecule has 5 heteroatoms. The SMILES string of the molecule is O=C(O)C1CC1C(=O)NC1CCCOc2ccccc21. The predicted molar refractivity (Wildman–Crippen MR) is 71.3 cm³/mol. The van der Waals surface area contributed by atoms with E-state index in [9.17, 15) is 9.59 Å².